The van der Waals surface area contributed by atoms with Gasteiger partial charge in [-0.1, -0.05) is 30.9 Å². The van der Waals surface area contributed by atoms with Crippen molar-refractivity contribution in [2.24, 2.45) is 0 Å². The van der Waals surface area contributed by atoms with Crippen LogP contribution in [0.25, 0.3) is 0 Å². The van der Waals surface area contributed by atoms with Crippen LogP contribution < -0.4 is 5.32 Å². The lowest BCUT2D eigenvalue weighted by molar-refractivity contribution is 0.0903. The molecule has 1 N–H and O–H groups in total. The summed E-state index contributed by atoms with van der Waals surface area (Å²) in [6, 6.07) is 9.05. The van der Waals surface area contributed by atoms with E-state index in [1.165, 1.54) is 0 Å². The maximum atomic E-state index is 12.2. The summed E-state index contributed by atoms with van der Waals surface area (Å²) in [5.41, 5.74) is 0.632. The molecule has 5 nitrogen and oxygen atoms in total. The quantitative estimate of drug-likeness (QED) is 0.870. The summed E-state index contributed by atoms with van der Waals surface area (Å²) in [5.74, 6) is -0.105. The molecule has 0 spiro atoms. The highest BCUT2D eigenvalue weighted by Crippen LogP contribution is 2.13. The Hall–Kier alpha value is -2.30. The van der Waals surface area contributed by atoms with Crippen molar-refractivity contribution in [2.75, 3.05) is 19.7 Å². The van der Waals surface area contributed by atoms with Crippen LogP contribution in [0.3, 0.4) is 0 Å². The van der Waals surface area contributed by atoms with Crippen LogP contribution in [-0.4, -0.2) is 42.6 Å². The van der Waals surface area contributed by atoms with Gasteiger partial charge in [-0.2, -0.15) is 0 Å². The smallest absolute Gasteiger partial charge is 0.410 e. The number of likely N-dealkylation sites (tertiary alicyclic amines) is 1. The van der Waals surface area contributed by atoms with Crippen molar-refractivity contribution < 1.29 is 14.3 Å². The second-order valence-corrected chi connectivity index (χ2v) is 5.34. The second-order valence-electron chi connectivity index (χ2n) is 5.34. The largest absolute Gasteiger partial charge is 0.445 e. The highest BCUT2D eigenvalue weighted by molar-refractivity contribution is 5.94. The number of nitrogens with one attached hydrogen (secondary N) is 1. The van der Waals surface area contributed by atoms with E-state index in [1.807, 2.05) is 18.2 Å². The molecule has 1 fully saturated rings. The normalized spacial score (nSPS) is 18.2. The van der Waals surface area contributed by atoms with Gasteiger partial charge in [-0.25, -0.2) is 4.79 Å². The molecular formula is C17H22N2O3. The third-order valence-electron chi connectivity index (χ3n) is 3.63. The zero-order valence-corrected chi connectivity index (χ0v) is 12.7. The lowest BCUT2D eigenvalue weighted by Gasteiger charge is -2.24. The van der Waals surface area contributed by atoms with Crippen molar-refractivity contribution in [1.29, 1.82) is 0 Å². The van der Waals surface area contributed by atoms with Gasteiger partial charge in [0.2, 0.25) is 0 Å². The monoisotopic (exact) mass is 302 g/mol. The number of ether oxygens (including phenoxy) is 1. The van der Waals surface area contributed by atoms with Crippen LogP contribution in [0, 0.1) is 0 Å². The van der Waals surface area contributed by atoms with Crippen LogP contribution in [0.5, 0.6) is 0 Å². The molecule has 1 atom stereocenters. The summed E-state index contributed by atoms with van der Waals surface area (Å²) in [4.78, 5) is 25.8. The van der Waals surface area contributed by atoms with Crippen LogP contribution in [0.15, 0.2) is 43.0 Å². The molecule has 1 aromatic carbocycles. The maximum Gasteiger partial charge on any atom is 0.410 e. The number of carbonyl (C=O) groups excluding carboxylic acids is 2. The minimum absolute atomic E-state index is 0.0495. The highest BCUT2D eigenvalue weighted by atomic mass is 16.6. The van der Waals surface area contributed by atoms with E-state index in [0.717, 1.165) is 19.3 Å². The van der Waals surface area contributed by atoms with Gasteiger partial charge in [-0.3, -0.25) is 4.79 Å². The van der Waals surface area contributed by atoms with Crippen LogP contribution >= 0.6 is 0 Å². The molecule has 0 aliphatic carbocycles. The topological polar surface area (TPSA) is 58.6 Å². The van der Waals surface area contributed by atoms with Crippen LogP contribution in [0.4, 0.5) is 4.79 Å². The van der Waals surface area contributed by atoms with Gasteiger partial charge in [0.1, 0.15) is 6.61 Å². The van der Waals surface area contributed by atoms with E-state index in [9.17, 15) is 9.59 Å². The first kappa shape index (κ1) is 16.1. The molecule has 118 valence electrons. The van der Waals surface area contributed by atoms with Gasteiger partial charge in [0, 0.05) is 24.7 Å². The van der Waals surface area contributed by atoms with Crippen LogP contribution in [-0.2, 0) is 4.74 Å². The number of nitrogens with zero attached hydrogens (tertiary/aromatic N) is 1. The fourth-order valence-electron chi connectivity index (χ4n) is 2.51. The van der Waals surface area contributed by atoms with Crippen molar-refractivity contribution in [3.05, 3.63) is 48.6 Å². The van der Waals surface area contributed by atoms with Gasteiger partial charge in [0.05, 0.1) is 0 Å². The Labute approximate surface area is 130 Å². The summed E-state index contributed by atoms with van der Waals surface area (Å²) in [7, 11) is 0. The Balaban J connectivity index is 1.93. The lowest BCUT2D eigenvalue weighted by Crippen LogP contribution is -2.44. The summed E-state index contributed by atoms with van der Waals surface area (Å²) < 4.78 is 5.08. The third-order valence-corrected chi connectivity index (χ3v) is 3.63. The van der Waals surface area contributed by atoms with E-state index >= 15 is 0 Å². The predicted octanol–water partition coefficient (Wildman–Crippen LogP) is 2.59. The van der Waals surface area contributed by atoms with Crippen molar-refractivity contribution in [3.63, 3.8) is 0 Å². The Morgan fingerprint density at radius 3 is 2.82 bits per heavy atom. The lowest BCUT2D eigenvalue weighted by atomic mass is 10.1. The van der Waals surface area contributed by atoms with Crippen molar-refractivity contribution >= 4 is 12.0 Å². The number of carbonyl (C=O) groups is 2. The molecule has 2 amide bonds. The number of rotatable bonds is 4. The molecule has 1 saturated heterocycles. The zero-order chi connectivity index (χ0) is 15.8. The minimum atomic E-state index is -0.347. The maximum absolute atomic E-state index is 12.2. The molecule has 0 saturated carbocycles. The minimum Gasteiger partial charge on any atom is -0.445 e. The molecule has 5 heteroatoms. The first-order valence-corrected chi connectivity index (χ1v) is 7.59. The van der Waals surface area contributed by atoms with E-state index in [4.69, 9.17) is 4.74 Å². The van der Waals surface area contributed by atoms with E-state index < -0.39 is 0 Å². The summed E-state index contributed by atoms with van der Waals surface area (Å²) in [5, 5.41) is 3.01. The number of amides is 2. The molecule has 1 unspecified atom stereocenters. The average molecular weight is 302 g/mol. The molecule has 0 aromatic heterocycles. The number of hydrogen-bond donors (Lipinski definition) is 1. The molecular weight excluding hydrogens is 280 g/mol. The van der Waals surface area contributed by atoms with Gasteiger partial charge in [0.25, 0.3) is 5.91 Å². The predicted molar refractivity (Wildman–Crippen MR) is 84.7 cm³/mol. The Bertz CT molecular complexity index is 516. The first-order chi connectivity index (χ1) is 10.7. The SMILES string of the molecule is C=CCOC(=O)N1CCCCC(NC(=O)c2ccccc2)C1. The van der Waals surface area contributed by atoms with Crippen LogP contribution in [0.2, 0.25) is 0 Å². The molecule has 1 aliphatic rings. The average Bonchev–Trinajstić information content (AvgIpc) is 2.79. The summed E-state index contributed by atoms with van der Waals surface area (Å²) in [6.45, 7) is 4.88. The standard InChI is InChI=1S/C17H22N2O3/c1-2-12-22-17(21)19-11-7-6-10-15(13-19)18-16(20)14-8-4-3-5-9-14/h2-5,8-9,15H,1,6-7,10-13H2,(H,18,20). The number of benzene rings is 1. The fourth-order valence-corrected chi connectivity index (χ4v) is 2.51. The van der Waals surface area contributed by atoms with Crippen molar-refractivity contribution in [1.82, 2.24) is 10.2 Å². The summed E-state index contributed by atoms with van der Waals surface area (Å²) >= 11 is 0. The molecule has 1 aliphatic heterocycles. The molecule has 1 aromatic rings. The zero-order valence-electron chi connectivity index (χ0n) is 12.7. The second kappa shape index (κ2) is 8.22. The highest BCUT2D eigenvalue weighted by Gasteiger charge is 2.24. The van der Waals surface area contributed by atoms with E-state index in [-0.39, 0.29) is 24.6 Å². The fraction of sp³-hybridized carbons (Fsp3) is 0.412. The van der Waals surface area contributed by atoms with Gasteiger partial charge in [-0.15, -0.1) is 0 Å². The Morgan fingerprint density at radius 2 is 2.09 bits per heavy atom. The van der Waals surface area contributed by atoms with E-state index in [0.29, 0.717) is 18.7 Å². The molecule has 0 radical (unpaired) electrons. The molecule has 22 heavy (non-hydrogen) atoms. The van der Waals surface area contributed by atoms with Crippen molar-refractivity contribution in [3.8, 4) is 0 Å². The number of hydrogen-bond acceptors (Lipinski definition) is 3. The van der Waals surface area contributed by atoms with Crippen LogP contribution in [0.1, 0.15) is 29.6 Å². The molecule has 2 rings (SSSR count). The van der Waals surface area contributed by atoms with E-state index in [1.54, 1.807) is 23.1 Å². The Kier molecular flexibility index (Phi) is 6.01. The summed E-state index contributed by atoms with van der Waals surface area (Å²) in [6.07, 6.45) is 3.96. The third kappa shape index (κ3) is 4.62. The Morgan fingerprint density at radius 1 is 1.32 bits per heavy atom. The first-order valence-electron chi connectivity index (χ1n) is 7.59. The van der Waals surface area contributed by atoms with Gasteiger partial charge < -0.3 is 15.0 Å². The molecule has 0 bridgehead atoms. The van der Waals surface area contributed by atoms with Gasteiger partial charge in [-0.05, 0) is 31.4 Å². The van der Waals surface area contributed by atoms with Crippen molar-refractivity contribution in [2.45, 2.75) is 25.3 Å². The van der Waals surface area contributed by atoms with Gasteiger partial charge in [0.15, 0.2) is 0 Å². The van der Waals surface area contributed by atoms with Gasteiger partial charge >= 0.3 is 6.09 Å². The van der Waals surface area contributed by atoms with E-state index in [2.05, 4.69) is 11.9 Å². The molecule has 1 heterocycles.